The van der Waals surface area contributed by atoms with E-state index in [1.807, 2.05) is 55.4 Å². The van der Waals surface area contributed by atoms with Crippen molar-refractivity contribution in [3.63, 3.8) is 0 Å². The van der Waals surface area contributed by atoms with Crippen molar-refractivity contribution in [2.75, 3.05) is 6.54 Å². The summed E-state index contributed by atoms with van der Waals surface area (Å²) in [6.07, 6.45) is 3.43. The Labute approximate surface area is 242 Å². The maximum Gasteiger partial charge on any atom is 0.315 e. The third kappa shape index (κ3) is 9.13. The Kier molecular flexibility index (Phi) is 10.8. The van der Waals surface area contributed by atoms with E-state index in [-0.39, 0.29) is 65.9 Å². The van der Waals surface area contributed by atoms with Crippen LogP contribution in [0.25, 0.3) is 0 Å². The fourth-order valence-electron chi connectivity index (χ4n) is 6.05. The number of hydrogen-bond donors (Lipinski definition) is 2. The molecule has 8 heteroatoms. The van der Waals surface area contributed by atoms with Gasteiger partial charge in [0.25, 0.3) is 0 Å². The molecule has 1 heterocycles. The first-order valence-corrected chi connectivity index (χ1v) is 15.1. The number of ketones is 2. The molecule has 1 aliphatic heterocycles. The van der Waals surface area contributed by atoms with Crippen LogP contribution in [0.5, 0.6) is 0 Å². The molecule has 1 saturated heterocycles. The van der Waals surface area contributed by atoms with E-state index in [9.17, 15) is 24.0 Å². The van der Waals surface area contributed by atoms with Gasteiger partial charge in [-0.3, -0.25) is 24.1 Å². The summed E-state index contributed by atoms with van der Waals surface area (Å²) in [6.45, 7) is 21.5. The van der Waals surface area contributed by atoms with Gasteiger partial charge in [0.05, 0.1) is 12.1 Å². The van der Waals surface area contributed by atoms with E-state index in [0.717, 1.165) is 12.8 Å². The minimum Gasteiger partial charge on any atom is -0.333 e. The Morgan fingerprint density at radius 3 is 1.82 bits per heavy atom. The molecule has 0 radical (unpaired) electrons. The minimum atomic E-state index is -0.723. The second-order valence-corrected chi connectivity index (χ2v) is 15.7. The van der Waals surface area contributed by atoms with Crippen molar-refractivity contribution >= 4 is 29.4 Å². The van der Waals surface area contributed by atoms with Crippen LogP contribution in [0, 0.1) is 39.9 Å². The van der Waals surface area contributed by atoms with Crippen molar-refractivity contribution in [3.8, 4) is 0 Å². The predicted molar refractivity (Wildman–Crippen MR) is 157 cm³/mol. The fraction of sp³-hybridized carbons (Fsp3) is 0.844. The molecule has 2 N–H and O–H groups in total. The topological polar surface area (TPSA) is 113 Å². The van der Waals surface area contributed by atoms with Crippen molar-refractivity contribution in [2.45, 2.75) is 127 Å². The van der Waals surface area contributed by atoms with E-state index in [1.165, 1.54) is 4.90 Å². The number of likely N-dealkylation sites (tertiary alicyclic amines) is 1. The molecule has 2 fully saturated rings. The van der Waals surface area contributed by atoms with E-state index in [4.69, 9.17) is 0 Å². The first-order chi connectivity index (χ1) is 18.1. The molecule has 0 spiro atoms. The average molecular weight is 562 g/mol. The molecule has 1 aliphatic carbocycles. The number of amides is 4. The van der Waals surface area contributed by atoms with E-state index in [1.54, 1.807) is 6.92 Å². The first-order valence-electron chi connectivity index (χ1n) is 15.1. The first kappa shape index (κ1) is 34.0. The zero-order chi connectivity index (χ0) is 30.8. The number of carbonyl (C=O) groups excluding carboxylic acids is 5. The molecular formula is C32H55N3O5. The lowest BCUT2D eigenvalue weighted by Crippen LogP contribution is -2.60. The number of imide groups is 1. The molecule has 0 aromatic heterocycles. The van der Waals surface area contributed by atoms with Crippen LogP contribution < -0.4 is 10.6 Å². The molecular weight excluding hydrogens is 506 g/mol. The Morgan fingerprint density at radius 1 is 0.875 bits per heavy atom. The van der Waals surface area contributed by atoms with E-state index >= 15 is 0 Å². The van der Waals surface area contributed by atoms with Crippen molar-refractivity contribution in [3.05, 3.63) is 0 Å². The van der Waals surface area contributed by atoms with Gasteiger partial charge in [-0.2, -0.15) is 0 Å². The second-order valence-electron chi connectivity index (χ2n) is 15.7. The lowest BCUT2D eigenvalue weighted by molar-refractivity contribution is -0.153. The van der Waals surface area contributed by atoms with Crippen LogP contribution in [0.15, 0.2) is 0 Å². The SMILES string of the molecule is CC(=O)[C@H]1CC[C@@H](C(=O)[C@@H](NC(=O)N[C@H](CN2C(=O)CC(C)(C)CC2=O)C(C)(C)C)C(C)(C)C)C[C@H](C(C)C)C1. The smallest absolute Gasteiger partial charge is 0.315 e. The molecule has 0 unspecified atom stereocenters. The Morgan fingerprint density at radius 2 is 1.38 bits per heavy atom. The van der Waals surface area contributed by atoms with Gasteiger partial charge >= 0.3 is 6.03 Å². The molecule has 0 aromatic carbocycles. The Balaban J connectivity index is 2.21. The fourth-order valence-corrected chi connectivity index (χ4v) is 6.05. The summed E-state index contributed by atoms with van der Waals surface area (Å²) in [5, 5.41) is 5.97. The number of nitrogens with one attached hydrogen (secondary N) is 2. The van der Waals surface area contributed by atoms with Crippen LogP contribution in [-0.4, -0.2) is 52.9 Å². The summed E-state index contributed by atoms with van der Waals surface area (Å²) in [4.78, 5) is 66.6. The maximum atomic E-state index is 14.0. The highest BCUT2D eigenvalue weighted by Crippen LogP contribution is 2.38. The zero-order valence-electron chi connectivity index (χ0n) is 26.9. The van der Waals surface area contributed by atoms with Gasteiger partial charge in [0.1, 0.15) is 5.78 Å². The minimum absolute atomic E-state index is 0.00780. The van der Waals surface area contributed by atoms with Crippen molar-refractivity contribution in [2.24, 2.45) is 39.9 Å². The van der Waals surface area contributed by atoms with E-state index in [0.29, 0.717) is 18.8 Å². The standard InChI is InChI=1S/C32H55N3O5/c1-19(2)23-14-21(20(3)36)12-13-22(15-23)27(39)28(31(7,8)9)34-29(40)33-24(30(4,5)6)18-35-25(37)16-32(10,11)17-26(35)38/h19,21-24,28H,12-18H2,1-11H3,(H2,33,34,40)/t21-,22+,23+,24+,28+/m0/s1. The van der Waals surface area contributed by atoms with Gasteiger partial charge in [-0.1, -0.05) is 69.2 Å². The Hall–Kier alpha value is -2.25. The number of rotatable bonds is 8. The monoisotopic (exact) mass is 561 g/mol. The molecule has 4 amide bonds. The molecule has 0 aromatic rings. The summed E-state index contributed by atoms with van der Waals surface area (Å²) in [6, 6.07) is -1.71. The summed E-state index contributed by atoms with van der Waals surface area (Å²) in [7, 11) is 0. The number of urea groups is 1. The summed E-state index contributed by atoms with van der Waals surface area (Å²) in [5.74, 6) is 0.126. The van der Waals surface area contributed by atoms with Gasteiger partial charge in [-0.05, 0) is 60.7 Å². The summed E-state index contributed by atoms with van der Waals surface area (Å²) in [5.41, 5.74) is -1.35. The number of hydrogen-bond acceptors (Lipinski definition) is 5. The van der Waals surface area contributed by atoms with E-state index < -0.39 is 28.9 Å². The molecule has 8 nitrogen and oxygen atoms in total. The van der Waals surface area contributed by atoms with Crippen molar-refractivity contribution in [1.82, 2.24) is 15.5 Å². The number of carbonyl (C=O) groups is 5. The molecule has 0 bridgehead atoms. The normalized spacial score (nSPS) is 25.7. The zero-order valence-corrected chi connectivity index (χ0v) is 26.9. The van der Waals surface area contributed by atoms with Gasteiger partial charge in [0.15, 0.2) is 5.78 Å². The number of piperidine rings is 1. The van der Waals surface area contributed by atoms with E-state index in [2.05, 4.69) is 24.5 Å². The highest BCUT2D eigenvalue weighted by atomic mass is 16.2. The van der Waals surface area contributed by atoms with Crippen molar-refractivity contribution < 1.29 is 24.0 Å². The second kappa shape index (κ2) is 12.7. The molecule has 228 valence electrons. The summed E-state index contributed by atoms with van der Waals surface area (Å²) >= 11 is 0. The highest BCUT2D eigenvalue weighted by Gasteiger charge is 2.42. The molecule has 2 rings (SSSR count). The third-order valence-electron chi connectivity index (χ3n) is 8.96. The lowest BCUT2D eigenvalue weighted by atomic mass is 9.76. The van der Waals surface area contributed by atoms with Crippen LogP contribution in [0.2, 0.25) is 0 Å². The summed E-state index contributed by atoms with van der Waals surface area (Å²) < 4.78 is 0. The van der Waals surface area contributed by atoms with Crippen molar-refractivity contribution in [1.29, 1.82) is 0 Å². The van der Waals surface area contributed by atoms with Crippen LogP contribution in [-0.2, 0) is 19.2 Å². The average Bonchev–Trinajstić information content (AvgIpc) is 3.00. The largest absolute Gasteiger partial charge is 0.333 e. The number of nitrogens with zero attached hydrogens (tertiary/aromatic N) is 1. The molecule has 1 saturated carbocycles. The van der Waals surface area contributed by atoms with Crippen LogP contribution >= 0.6 is 0 Å². The van der Waals surface area contributed by atoms with Gasteiger partial charge in [-0.25, -0.2) is 4.79 Å². The van der Waals surface area contributed by atoms with Gasteiger partial charge < -0.3 is 10.6 Å². The van der Waals surface area contributed by atoms with Gasteiger partial charge in [0, 0.05) is 31.2 Å². The highest BCUT2D eigenvalue weighted by molar-refractivity contribution is 5.98. The van der Waals surface area contributed by atoms with Gasteiger partial charge in [0.2, 0.25) is 11.8 Å². The van der Waals surface area contributed by atoms with Gasteiger partial charge in [-0.15, -0.1) is 0 Å². The third-order valence-corrected chi connectivity index (χ3v) is 8.96. The van der Waals surface area contributed by atoms with Crippen LogP contribution in [0.4, 0.5) is 4.79 Å². The quantitative estimate of drug-likeness (QED) is 0.299. The molecule has 2 aliphatic rings. The maximum absolute atomic E-state index is 14.0. The number of Topliss-reactive ketones (excluding diaryl/α,β-unsaturated/α-hetero) is 2. The Bertz CT molecular complexity index is 952. The van der Waals surface area contributed by atoms with Crippen LogP contribution in [0.3, 0.4) is 0 Å². The lowest BCUT2D eigenvalue weighted by Gasteiger charge is -2.40. The predicted octanol–water partition coefficient (Wildman–Crippen LogP) is 5.53. The molecule has 5 atom stereocenters. The molecule has 40 heavy (non-hydrogen) atoms. The van der Waals surface area contributed by atoms with Crippen LogP contribution in [0.1, 0.15) is 115 Å².